The number of esters is 1. The third kappa shape index (κ3) is 5.38. The van der Waals surface area contributed by atoms with E-state index in [0.717, 1.165) is 5.56 Å². The molecule has 2 atom stereocenters. The third-order valence-corrected chi connectivity index (χ3v) is 2.73. The molecule has 0 radical (unpaired) electrons. The molecule has 1 amide bonds. The van der Waals surface area contributed by atoms with E-state index in [2.05, 4.69) is 15.4 Å². The molecular weight excluding hydrogens is 260 g/mol. The molecule has 1 aromatic rings. The van der Waals surface area contributed by atoms with Gasteiger partial charge in [0.1, 0.15) is 6.04 Å². The van der Waals surface area contributed by atoms with E-state index in [1.807, 2.05) is 30.3 Å². The summed E-state index contributed by atoms with van der Waals surface area (Å²) in [6.07, 6.45) is -0.674. The lowest BCUT2D eigenvalue weighted by molar-refractivity contribution is -0.144. The molecule has 0 aliphatic heterocycles. The second-order valence-electron chi connectivity index (χ2n) is 4.36. The number of carbonyl (C=O) groups excluding carboxylic acids is 2. The molecule has 0 aliphatic rings. The van der Waals surface area contributed by atoms with Gasteiger partial charge in [-0.2, -0.15) is 0 Å². The maximum atomic E-state index is 11.5. The fourth-order valence-corrected chi connectivity index (χ4v) is 1.74. The largest absolute Gasteiger partial charge is 0.467 e. The first-order valence-corrected chi connectivity index (χ1v) is 6.33. The summed E-state index contributed by atoms with van der Waals surface area (Å²) in [7, 11) is 1.26. The number of nitrogens with one attached hydrogen (secondary N) is 2. The Kier molecular flexibility index (Phi) is 6.69. The summed E-state index contributed by atoms with van der Waals surface area (Å²) in [4.78, 5) is 22.5. The number of aliphatic hydroxyl groups excluding tert-OH is 1. The van der Waals surface area contributed by atoms with Crippen molar-refractivity contribution >= 4 is 11.9 Å². The molecule has 0 heterocycles. The van der Waals surface area contributed by atoms with Crippen molar-refractivity contribution in [3.63, 3.8) is 0 Å². The Morgan fingerprint density at radius 3 is 2.45 bits per heavy atom. The Balaban J connectivity index is 2.44. The van der Waals surface area contributed by atoms with Gasteiger partial charge < -0.3 is 20.5 Å². The lowest BCUT2D eigenvalue weighted by Gasteiger charge is -2.18. The average Bonchev–Trinajstić information content (AvgIpc) is 2.45. The molecule has 20 heavy (non-hydrogen) atoms. The molecule has 1 rings (SSSR count). The molecule has 2 unspecified atom stereocenters. The van der Waals surface area contributed by atoms with Crippen LogP contribution >= 0.6 is 0 Å². The summed E-state index contributed by atoms with van der Waals surface area (Å²) in [5.74, 6) is -0.840. The summed E-state index contributed by atoms with van der Waals surface area (Å²) in [5, 5.41) is 15.4. The number of aliphatic hydroxyl groups is 1. The minimum absolute atomic E-state index is 0.191. The minimum atomic E-state index is -0.763. The molecule has 1 aromatic carbocycles. The first kappa shape index (κ1) is 16.1. The third-order valence-electron chi connectivity index (χ3n) is 2.73. The van der Waals surface area contributed by atoms with Crippen LogP contribution in [0.4, 0.5) is 0 Å². The summed E-state index contributed by atoms with van der Waals surface area (Å²) in [6, 6.07) is 8.42. The molecule has 0 bridgehead atoms. The fraction of sp³-hybridized carbons (Fsp3) is 0.429. The second-order valence-corrected chi connectivity index (χ2v) is 4.36. The smallest absolute Gasteiger partial charge is 0.329 e. The van der Waals surface area contributed by atoms with Gasteiger partial charge in [0, 0.05) is 20.0 Å². The van der Waals surface area contributed by atoms with E-state index < -0.39 is 18.1 Å². The van der Waals surface area contributed by atoms with Gasteiger partial charge in [-0.25, -0.2) is 4.79 Å². The quantitative estimate of drug-likeness (QED) is 0.611. The van der Waals surface area contributed by atoms with Crippen molar-refractivity contribution in [3.05, 3.63) is 35.9 Å². The number of carbonyl (C=O) groups is 2. The van der Waals surface area contributed by atoms with Crippen molar-refractivity contribution < 1.29 is 19.4 Å². The van der Waals surface area contributed by atoms with E-state index in [0.29, 0.717) is 0 Å². The van der Waals surface area contributed by atoms with Gasteiger partial charge in [0.05, 0.1) is 13.2 Å². The molecule has 0 aromatic heterocycles. The highest BCUT2D eigenvalue weighted by Gasteiger charge is 2.20. The molecule has 0 aliphatic carbocycles. The molecule has 6 heteroatoms. The van der Waals surface area contributed by atoms with Gasteiger partial charge in [-0.1, -0.05) is 30.3 Å². The zero-order valence-corrected chi connectivity index (χ0v) is 11.6. The van der Waals surface area contributed by atoms with Crippen molar-refractivity contribution in [2.75, 3.05) is 20.2 Å². The highest BCUT2D eigenvalue weighted by Crippen LogP contribution is 2.10. The van der Waals surface area contributed by atoms with Gasteiger partial charge in [0.2, 0.25) is 5.91 Å². The number of amides is 1. The number of hydrogen-bond donors (Lipinski definition) is 3. The van der Waals surface area contributed by atoms with Crippen LogP contribution in [0.15, 0.2) is 30.3 Å². The van der Waals surface area contributed by atoms with Crippen molar-refractivity contribution in [2.24, 2.45) is 0 Å². The maximum absolute atomic E-state index is 11.5. The van der Waals surface area contributed by atoms with Gasteiger partial charge in [0.25, 0.3) is 0 Å². The van der Waals surface area contributed by atoms with Crippen LogP contribution in [0.3, 0.4) is 0 Å². The highest BCUT2D eigenvalue weighted by atomic mass is 16.5. The Morgan fingerprint density at radius 1 is 1.25 bits per heavy atom. The van der Waals surface area contributed by atoms with Crippen molar-refractivity contribution in [1.29, 1.82) is 0 Å². The number of benzene rings is 1. The molecule has 3 N–H and O–H groups in total. The molecule has 0 saturated carbocycles. The topological polar surface area (TPSA) is 87.7 Å². The van der Waals surface area contributed by atoms with Crippen LogP contribution in [0.2, 0.25) is 0 Å². The van der Waals surface area contributed by atoms with Crippen molar-refractivity contribution in [2.45, 2.75) is 19.1 Å². The Morgan fingerprint density at radius 2 is 1.90 bits per heavy atom. The Bertz CT molecular complexity index is 436. The molecule has 0 spiro atoms. The van der Waals surface area contributed by atoms with Crippen LogP contribution < -0.4 is 10.6 Å². The number of methoxy groups -OCH3 is 1. The van der Waals surface area contributed by atoms with Gasteiger partial charge in [-0.05, 0) is 5.56 Å². The summed E-state index contributed by atoms with van der Waals surface area (Å²) >= 11 is 0. The standard InChI is InChI=1S/C14H20N2O4/c1-10(17)16-12(14(19)20-2)8-15-9-13(18)11-6-4-3-5-7-11/h3-7,12-13,15,18H,8-9H2,1-2H3,(H,16,17). The van der Waals surface area contributed by atoms with Crippen LogP contribution in [0.25, 0.3) is 0 Å². The molecule has 0 saturated heterocycles. The fourth-order valence-electron chi connectivity index (χ4n) is 1.74. The predicted molar refractivity (Wildman–Crippen MR) is 73.9 cm³/mol. The van der Waals surface area contributed by atoms with Crippen molar-refractivity contribution in [3.8, 4) is 0 Å². The number of hydrogen-bond acceptors (Lipinski definition) is 5. The van der Waals surface area contributed by atoms with E-state index in [-0.39, 0.29) is 19.0 Å². The van der Waals surface area contributed by atoms with Crippen LogP contribution in [-0.2, 0) is 14.3 Å². The maximum Gasteiger partial charge on any atom is 0.329 e. The molecule has 110 valence electrons. The first-order chi connectivity index (χ1) is 9.54. The van der Waals surface area contributed by atoms with E-state index in [9.17, 15) is 14.7 Å². The van der Waals surface area contributed by atoms with E-state index in [1.165, 1.54) is 14.0 Å². The molecule has 0 fully saturated rings. The van der Waals surface area contributed by atoms with Crippen LogP contribution in [0, 0.1) is 0 Å². The molecule has 6 nitrogen and oxygen atoms in total. The van der Waals surface area contributed by atoms with Crippen LogP contribution in [0.5, 0.6) is 0 Å². The Hall–Kier alpha value is -1.92. The normalized spacial score (nSPS) is 13.3. The highest BCUT2D eigenvalue weighted by molar-refractivity contribution is 5.83. The van der Waals surface area contributed by atoms with E-state index in [1.54, 1.807) is 0 Å². The summed E-state index contributed by atoms with van der Waals surface area (Å²) < 4.78 is 4.60. The predicted octanol–water partition coefficient (Wildman–Crippen LogP) is -0.0127. The van der Waals surface area contributed by atoms with Gasteiger partial charge >= 0.3 is 5.97 Å². The first-order valence-electron chi connectivity index (χ1n) is 6.33. The summed E-state index contributed by atoms with van der Waals surface area (Å²) in [5.41, 5.74) is 0.786. The van der Waals surface area contributed by atoms with Crippen LogP contribution in [0.1, 0.15) is 18.6 Å². The van der Waals surface area contributed by atoms with Gasteiger partial charge in [0.15, 0.2) is 0 Å². The Labute approximate surface area is 118 Å². The number of ether oxygens (including phenoxy) is 1. The van der Waals surface area contributed by atoms with Gasteiger partial charge in [-0.15, -0.1) is 0 Å². The lowest BCUT2D eigenvalue weighted by atomic mass is 10.1. The van der Waals surface area contributed by atoms with E-state index >= 15 is 0 Å². The lowest BCUT2D eigenvalue weighted by Crippen LogP contribution is -2.47. The minimum Gasteiger partial charge on any atom is -0.467 e. The monoisotopic (exact) mass is 280 g/mol. The zero-order valence-electron chi connectivity index (χ0n) is 11.6. The average molecular weight is 280 g/mol. The number of rotatable bonds is 7. The van der Waals surface area contributed by atoms with Gasteiger partial charge in [-0.3, -0.25) is 4.79 Å². The van der Waals surface area contributed by atoms with Crippen LogP contribution in [-0.4, -0.2) is 43.2 Å². The summed E-state index contributed by atoms with van der Waals surface area (Å²) in [6.45, 7) is 1.79. The van der Waals surface area contributed by atoms with Crippen molar-refractivity contribution in [1.82, 2.24) is 10.6 Å². The SMILES string of the molecule is COC(=O)C(CNCC(O)c1ccccc1)NC(C)=O. The zero-order chi connectivity index (χ0) is 15.0. The van der Waals surface area contributed by atoms with E-state index in [4.69, 9.17) is 0 Å². The second kappa shape index (κ2) is 8.29. The molecular formula is C14H20N2O4.